The van der Waals surface area contributed by atoms with Gasteiger partial charge < -0.3 is 14.4 Å². The lowest BCUT2D eigenvalue weighted by atomic mass is 10.1. The van der Waals surface area contributed by atoms with E-state index in [1.807, 2.05) is 4.90 Å². The smallest absolute Gasteiger partial charge is 0.260 e. The van der Waals surface area contributed by atoms with Crippen LogP contribution < -0.4 is 4.74 Å². The Morgan fingerprint density at radius 2 is 2.22 bits per heavy atom. The summed E-state index contributed by atoms with van der Waals surface area (Å²) in [6.07, 6.45) is 0. The second kappa shape index (κ2) is 7.03. The molecule has 1 amide bonds. The maximum absolute atomic E-state index is 13.1. The first-order valence-corrected chi connectivity index (χ1v) is 8.04. The minimum Gasteiger partial charge on any atom is -0.484 e. The van der Waals surface area contributed by atoms with Gasteiger partial charge in [0.25, 0.3) is 5.91 Å². The van der Waals surface area contributed by atoms with E-state index in [1.54, 1.807) is 0 Å². The molecule has 3 rings (SSSR count). The molecular formula is C16H20ClFN2O3. The van der Waals surface area contributed by atoms with Gasteiger partial charge in [0.05, 0.1) is 24.3 Å². The van der Waals surface area contributed by atoms with Gasteiger partial charge in [-0.2, -0.15) is 0 Å². The van der Waals surface area contributed by atoms with Crippen LogP contribution in [0.15, 0.2) is 18.2 Å². The molecule has 2 fully saturated rings. The van der Waals surface area contributed by atoms with Gasteiger partial charge in [-0.1, -0.05) is 11.6 Å². The Bertz CT molecular complexity index is 586. The maximum Gasteiger partial charge on any atom is 0.260 e. The largest absolute Gasteiger partial charge is 0.484 e. The third-order valence-corrected chi connectivity index (χ3v) is 4.64. The van der Waals surface area contributed by atoms with Crippen molar-refractivity contribution in [1.29, 1.82) is 0 Å². The monoisotopic (exact) mass is 342 g/mol. The molecule has 1 aromatic carbocycles. The van der Waals surface area contributed by atoms with E-state index in [4.69, 9.17) is 21.1 Å². The zero-order chi connectivity index (χ0) is 16.4. The second-order valence-electron chi connectivity index (χ2n) is 6.16. The topological polar surface area (TPSA) is 42.0 Å². The second-order valence-corrected chi connectivity index (χ2v) is 6.57. The maximum atomic E-state index is 13.1. The Balaban J connectivity index is 1.60. The molecule has 126 valence electrons. The van der Waals surface area contributed by atoms with Crippen LogP contribution in [-0.4, -0.2) is 68.3 Å². The summed E-state index contributed by atoms with van der Waals surface area (Å²) in [5.74, 6) is 0.128. The highest BCUT2D eigenvalue weighted by molar-refractivity contribution is 6.30. The van der Waals surface area contributed by atoms with Crippen LogP contribution in [0.25, 0.3) is 0 Å². The van der Waals surface area contributed by atoms with Gasteiger partial charge in [0.1, 0.15) is 11.6 Å². The Kier molecular flexibility index (Phi) is 5.04. The number of benzene rings is 1. The molecule has 23 heavy (non-hydrogen) atoms. The highest BCUT2D eigenvalue weighted by Gasteiger charge is 2.33. The van der Waals surface area contributed by atoms with E-state index in [2.05, 4.69) is 11.9 Å². The zero-order valence-corrected chi connectivity index (χ0v) is 13.8. The number of amides is 1. The fraction of sp³-hybridized carbons (Fsp3) is 0.562. The van der Waals surface area contributed by atoms with E-state index in [1.165, 1.54) is 18.2 Å². The van der Waals surface area contributed by atoms with E-state index in [-0.39, 0.29) is 23.6 Å². The molecule has 0 unspecified atom stereocenters. The van der Waals surface area contributed by atoms with E-state index >= 15 is 0 Å². The molecule has 2 heterocycles. The minimum atomic E-state index is -0.506. The number of nitrogens with zero attached hydrogens (tertiary/aromatic N) is 2. The molecule has 5 nitrogen and oxygen atoms in total. The summed E-state index contributed by atoms with van der Waals surface area (Å²) in [6, 6.07) is 4.28. The van der Waals surface area contributed by atoms with Crippen molar-refractivity contribution >= 4 is 17.5 Å². The number of hydrogen-bond donors (Lipinski definition) is 0. The molecule has 2 aliphatic heterocycles. The van der Waals surface area contributed by atoms with E-state index in [0.29, 0.717) is 38.0 Å². The molecule has 0 saturated carbocycles. The predicted molar refractivity (Wildman–Crippen MR) is 84.2 cm³/mol. The minimum absolute atomic E-state index is 0.0157. The number of likely N-dealkylation sites (N-methyl/N-ethyl adjacent to an activating group) is 1. The number of rotatable bonds is 3. The summed E-state index contributed by atoms with van der Waals surface area (Å²) in [5, 5.41) is -0.0157. The van der Waals surface area contributed by atoms with Crippen LogP contribution in [-0.2, 0) is 9.53 Å². The lowest BCUT2D eigenvalue weighted by Gasteiger charge is -2.29. The van der Waals surface area contributed by atoms with Crippen molar-refractivity contribution in [3.8, 4) is 5.75 Å². The average Bonchev–Trinajstić information content (AvgIpc) is 2.76. The molecular weight excluding hydrogens is 323 g/mol. The average molecular weight is 343 g/mol. The highest BCUT2D eigenvalue weighted by atomic mass is 35.5. The molecule has 0 radical (unpaired) electrons. The SMILES string of the molecule is CN1C[C@H]2COC[C@@H]1CN(C(=O)COc1ccc(F)c(Cl)c1)C2. The Labute approximate surface area is 139 Å². The lowest BCUT2D eigenvalue weighted by molar-refractivity contribution is -0.135. The number of carbonyl (C=O) groups is 1. The normalized spacial score (nSPS) is 25.1. The van der Waals surface area contributed by atoms with Crippen LogP contribution >= 0.6 is 11.6 Å². The predicted octanol–water partition coefficient (Wildman–Crippen LogP) is 1.65. The Hall–Kier alpha value is -1.37. The molecule has 2 bridgehead atoms. The van der Waals surface area contributed by atoms with Crippen molar-refractivity contribution < 1.29 is 18.7 Å². The van der Waals surface area contributed by atoms with Gasteiger partial charge in [-0.3, -0.25) is 9.69 Å². The summed E-state index contributed by atoms with van der Waals surface area (Å²) in [5.41, 5.74) is 0. The molecule has 2 saturated heterocycles. The Morgan fingerprint density at radius 3 is 3.00 bits per heavy atom. The van der Waals surface area contributed by atoms with E-state index in [0.717, 1.165) is 6.54 Å². The molecule has 0 aliphatic carbocycles. The van der Waals surface area contributed by atoms with Crippen molar-refractivity contribution in [2.75, 3.05) is 46.5 Å². The summed E-state index contributed by atoms with van der Waals surface area (Å²) < 4.78 is 24.2. The fourth-order valence-electron chi connectivity index (χ4n) is 3.06. The standard InChI is InChI=1S/C16H20ClFN2O3/c1-19-5-11-6-20(7-12(19)9-22-8-11)16(21)10-23-13-2-3-15(18)14(17)4-13/h2-4,11-12H,5-10H2,1H3/t11-,12+/m1/s1. The van der Waals surface area contributed by atoms with Gasteiger partial charge in [0, 0.05) is 31.6 Å². The van der Waals surface area contributed by atoms with Crippen molar-refractivity contribution in [2.45, 2.75) is 6.04 Å². The first-order chi connectivity index (χ1) is 11.0. The van der Waals surface area contributed by atoms with Gasteiger partial charge in [0.2, 0.25) is 0 Å². The van der Waals surface area contributed by atoms with Crippen LogP contribution in [0.5, 0.6) is 5.75 Å². The van der Waals surface area contributed by atoms with Gasteiger partial charge >= 0.3 is 0 Å². The summed E-state index contributed by atoms with van der Waals surface area (Å²) in [4.78, 5) is 16.5. The summed E-state index contributed by atoms with van der Waals surface area (Å²) in [7, 11) is 2.07. The first kappa shape index (κ1) is 16.5. The molecule has 1 aromatic rings. The third kappa shape index (κ3) is 3.94. The quantitative estimate of drug-likeness (QED) is 0.837. The third-order valence-electron chi connectivity index (χ3n) is 4.35. The highest BCUT2D eigenvalue weighted by Crippen LogP contribution is 2.22. The molecule has 2 atom stereocenters. The molecule has 2 aliphatic rings. The number of hydrogen-bond acceptors (Lipinski definition) is 4. The van der Waals surface area contributed by atoms with Crippen LogP contribution in [0.1, 0.15) is 0 Å². The van der Waals surface area contributed by atoms with Crippen LogP contribution in [0.2, 0.25) is 5.02 Å². The number of halogens is 2. The molecule has 0 N–H and O–H groups in total. The lowest BCUT2D eigenvalue weighted by Crippen LogP contribution is -2.46. The van der Waals surface area contributed by atoms with Crippen molar-refractivity contribution in [3.63, 3.8) is 0 Å². The van der Waals surface area contributed by atoms with Crippen LogP contribution in [0.3, 0.4) is 0 Å². The van der Waals surface area contributed by atoms with Gasteiger partial charge in [-0.15, -0.1) is 0 Å². The van der Waals surface area contributed by atoms with Crippen molar-refractivity contribution in [1.82, 2.24) is 9.80 Å². The first-order valence-electron chi connectivity index (χ1n) is 7.66. The van der Waals surface area contributed by atoms with Crippen molar-refractivity contribution in [3.05, 3.63) is 29.0 Å². The van der Waals surface area contributed by atoms with E-state index in [9.17, 15) is 9.18 Å². The van der Waals surface area contributed by atoms with Crippen LogP contribution in [0.4, 0.5) is 4.39 Å². The molecule has 0 aromatic heterocycles. The van der Waals surface area contributed by atoms with Crippen LogP contribution in [0, 0.1) is 11.7 Å². The number of ether oxygens (including phenoxy) is 2. The molecule has 0 spiro atoms. The summed E-state index contributed by atoms with van der Waals surface area (Å²) in [6.45, 7) is 3.49. The van der Waals surface area contributed by atoms with Gasteiger partial charge in [-0.25, -0.2) is 4.39 Å². The number of fused-ring (bicyclic) bond motifs is 3. The summed E-state index contributed by atoms with van der Waals surface area (Å²) >= 11 is 5.71. The Morgan fingerprint density at radius 1 is 1.39 bits per heavy atom. The fourth-order valence-corrected chi connectivity index (χ4v) is 3.23. The number of carbonyl (C=O) groups excluding carboxylic acids is 1. The van der Waals surface area contributed by atoms with Crippen molar-refractivity contribution in [2.24, 2.45) is 5.92 Å². The van der Waals surface area contributed by atoms with E-state index < -0.39 is 5.82 Å². The zero-order valence-electron chi connectivity index (χ0n) is 13.0. The van der Waals surface area contributed by atoms with Gasteiger partial charge in [-0.05, 0) is 19.2 Å². The van der Waals surface area contributed by atoms with Gasteiger partial charge in [0.15, 0.2) is 6.61 Å². The molecule has 7 heteroatoms.